The minimum atomic E-state index is 0.163. The van der Waals surface area contributed by atoms with Crippen LogP contribution in [0.2, 0.25) is 0 Å². The molecule has 2 atom stereocenters. The first-order chi connectivity index (χ1) is 7.13. The van der Waals surface area contributed by atoms with E-state index < -0.39 is 0 Å². The second kappa shape index (κ2) is 4.06. The first-order valence-electron chi connectivity index (χ1n) is 5.30. The van der Waals surface area contributed by atoms with Crippen molar-refractivity contribution in [3.05, 3.63) is 21.4 Å². The maximum absolute atomic E-state index is 11.3. The number of ketones is 1. The molecule has 1 aromatic heterocycles. The van der Waals surface area contributed by atoms with Gasteiger partial charge in [-0.05, 0) is 37.3 Å². The molecule has 3 heteroatoms. The zero-order chi connectivity index (χ0) is 11.0. The third-order valence-electron chi connectivity index (χ3n) is 3.08. The molecule has 0 aromatic carbocycles. The van der Waals surface area contributed by atoms with Gasteiger partial charge in [0.25, 0.3) is 0 Å². The number of hydrogen-bond donors (Lipinski definition) is 0. The fourth-order valence-corrected chi connectivity index (χ4v) is 3.36. The molecular formula is C12H16O2S. The average molecular weight is 224 g/mol. The highest BCUT2D eigenvalue weighted by Gasteiger charge is 2.27. The maximum Gasteiger partial charge on any atom is 0.169 e. The number of hydrogen-bond acceptors (Lipinski definition) is 3. The summed E-state index contributed by atoms with van der Waals surface area (Å²) < 4.78 is 5.45. The Balaban J connectivity index is 2.44. The molecule has 0 saturated carbocycles. The summed E-state index contributed by atoms with van der Waals surface area (Å²) in [6.45, 7) is 3.86. The Labute approximate surface area is 94.3 Å². The summed E-state index contributed by atoms with van der Waals surface area (Å²) in [5.74, 6) is 0.737. The maximum atomic E-state index is 11.3. The number of Topliss-reactive ketones (excluding diaryl/α,β-unsaturated/α-hetero) is 1. The SMILES string of the molecule is COC1CCC(C)c2sc(C(C)=O)cc21. The third kappa shape index (κ3) is 1.86. The number of thiophene rings is 1. The van der Waals surface area contributed by atoms with Crippen LogP contribution in [0.3, 0.4) is 0 Å². The predicted octanol–water partition coefficient (Wildman–Crippen LogP) is 3.54. The molecule has 1 heterocycles. The van der Waals surface area contributed by atoms with Crippen LogP contribution in [0.4, 0.5) is 0 Å². The molecule has 0 bridgehead atoms. The summed E-state index contributed by atoms with van der Waals surface area (Å²) in [5.41, 5.74) is 1.24. The lowest BCUT2D eigenvalue weighted by Gasteiger charge is -2.25. The van der Waals surface area contributed by atoms with Gasteiger partial charge < -0.3 is 4.74 Å². The molecule has 15 heavy (non-hydrogen) atoms. The number of ether oxygens (including phenoxy) is 1. The zero-order valence-corrected chi connectivity index (χ0v) is 10.2. The van der Waals surface area contributed by atoms with Gasteiger partial charge >= 0.3 is 0 Å². The minimum Gasteiger partial charge on any atom is -0.377 e. The van der Waals surface area contributed by atoms with Crippen LogP contribution in [0.1, 0.15) is 58.8 Å². The molecule has 1 aliphatic carbocycles. The molecule has 2 rings (SSSR count). The van der Waals surface area contributed by atoms with E-state index in [1.54, 1.807) is 25.4 Å². The zero-order valence-electron chi connectivity index (χ0n) is 9.37. The Morgan fingerprint density at radius 3 is 2.87 bits per heavy atom. The van der Waals surface area contributed by atoms with E-state index in [1.807, 2.05) is 6.07 Å². The summed E-state index contributed by atoms with van der Waals surface area (Å²) in [5, 5.41) is 0. The van der Waals surface area contributed by atoms with Gasteiger partial charge in [-0.1, -0.05) is 6.92 Å². The highest BCUT2D eigenvalue weighted by Crippen LogP contribution is 2.43. The molecular weight excluding hydrogens is 208 g/mol. The van der Waals surface area contributed by atoms with Crippen molar-refractivity contribution in [2.75, 3.05) is 7.11 Å². The van der Waals surface area contributed by atoms with Gasteiger partial charge in [0.1, 0.15) is 0 Å². The number of carbonyl (C=O) groups is 1. The third-order valence-corrected chi connectivity index (χ3v) is 4.56. The summed E-state index contributed by atoms with van der Waals surface area (Å²) in [6, 6.07) is 2.02. The Kier molecular flexibility index (Phi) is 2.94. The Bertz CT molecular complexity index is 381. The van der Waals surface area contributed by atoms with Crippen LogP contribution >= 0.6 is 11.3 Å². The minimum absolute atomic E-state index is 0.163. The van der Waals surface area contributed by atoms with Gasteiger partial charge in [0.05, 0.1) is 11.0 Å². The van der Waals surface area contributed by atoms with Gasteiger partial charge in [-0.25, -0.2) is 0 Å². The van der Waals surface area contributed by atoms with Crippen molar-refractivity contribution in [3.63, 3.8) is 0 Å². The molecule has 0 radical (unpaired) electrons. The number of carbonyl (C=O) groups excluding carboxylic acids is 1. The van der Waals surface area contributed by atoms with Crippen molar-refractivity contribution >= 4 is 17.1 Å². The monoisotopic (exact) mass is 224 g/mol. The topological polar surface area (TPSA) is 26.3 Å². The molecule has 1 aliphatic rings. The summed E-state index contributed by atoms with van der Waals surface area (Å²) >= 11 is 1.64. The van der Waals surface area contributed by atoms with Crippen LogP contribution in [-0.4, -0.2) is 12.9 Å². The fourth-order valence-electron chi connectivity index (χ4n) is 2.16. The second-order valence-electron chi connectivity index (χ2n) is 4.19. The van der Waals surface area contributed by atoms with Crippen molar-refractivity contribution in [2.24, 2.45) is 0 Å². The van der Waals surface area contributed by atoms with E-state index >= 15 is 0 Å². The smallest absolute Gasteiger partial charge is 0.169 e. The molecule has 0 fully saturated rings. The van der Waals surface area contributed by atoms with Crippen molar-refractivity contribution in [1.82, 2.24) is 0 Å². The van der Waals surface area contributed by atoms with Crippen LogP contribution < -0.4 is 0 Å². The normalized spacial score (nSPS) is 25.0. The Morgan fingerprint density at radius 2 is 2.27 bits per heavy atom. The molecule has 0 saturated heterocycles. The van der Waals surface area contributed by atoms with Gasteiger partial charge in [-0.2, -0.15) is 0 Å². The van der Waals surface area contributed by atoms with E-state index in [0.29, 0.717) is 5.92 Å². The summed E-state index contributed by atoms with van der Waals surface area (Å²) in [4.78, 5) is 13.6. The summed E-state index contributed by atoms with van der Waals surface area (Å²) in [6.07, 6.45) is 2.42. The van der Waals surface area contributed by atoms with Crippen molar-refractivity contribution < 1.29 is 9.53 Å². The first kappa shape index (κ1) is 10.8. The largest absolute Gasteiger partial charge is 0.377 e. The fraction of sp³-hybridized carbons (Fsp3) is 0.583. The van der Waals surface area contributed by atoms with Crippen LogP contribution in [0, 0.1) is 0 Å². The summed E-state index contributed by atoms with van der Waals surface area (Å²) in [7, 11) is 1.75. The number of rotatable bonds is 2. The van der Waals surface area contributed by atoms with Crippen LogP contribution in [0.5, 0.6) is 0 Å². The van der Waals surface area contributed by atoms with E-state index in [0.717, 1.165) is 17.7 Å². The molecule has 1 aromatic rings. The predicted molar refractivity (Wildman–Crippen MR) is 61.7 cm³/mol. The van der Waals surface area contributed by atoms with E-state index in [1.165, 1.54) is 10.4 Å². The molecule has 2 nitrogen and oxygen atoms in total. The lowest BCUT2D eigenvalue weighted by atomic mass is 9.88. The van der Waals surface area contributed by atoms with Crippen LogP contribution in [-0.2, 0) is 4.74 Å². The van der Waals surface area contributed by atoms with Gasteiger partial charge in [-0.3, -0.25) is 4.79 Å². The molecule has 0 amide bonds. The quantitative estimate of drug-likeness (QED) is 0.718. The second-order valence-corrected chi connectivity index (χ2v) is 5.27. The highest BCUT2D eigenvalue weighted by atomic mass is 32.1. The molecule has 0 N–H and O–H groups in total. The Morgan fingerprint density at radius 1 is 1.53 bits per heavy atom. The molecule has 2 unspecified atom stereocenters. The van der Waals surface area contributed by atoms with Gasteiger partial charge in [0.2, 0.25) is 0 Å². The standard InChI is InChI=1S/C12H16O2S/c1-7-4-5-10(14-3)9-6-11(8(2)13)15-12(7)9/h6-7,10H,4-5H2,1-3H3. The van der Waals surface area contributed by atoms with E-state index in [-0.39, 0.29) is 11.9 Å². The lowest BCUT2D eigenvalue weighted by molar-refractivity contribution is 0.0858. The van der Waals surface area contributed by atoms with Gasteiger partial charge in [0.15, 0.2) is 5.78 Å². The van der Waals surface area contributed by atoms with E-state index in [4.69, 9.17) is 4.74 Å². The number of fused-ring (bicyclic) bond motifs is 1. The van der Waals surface area contributed by atoms with Crippen molar-refractivity contribution in [2.45, 2.75) is 38.7 Å². The average Bonchev–Trinajstić information content (AvgIpc) is 2.64. The van der Waals surface area contributed by atoms with Crippen LogP contribution in [0.15, 0.2) is 6.07 Å². The highest BCUT2D eigenvalue weighted by molar-refractivity contribution is 7.14. The molecule has 82 valence electrons. The Hall–Kier alpha value is -0.670. The van der Waals surface area contributed by atoms with Crippen LogP contribution in [0.25, 0.3) is 0 Å². The van der Waals surface area contributed by atoms with Crippen molar-refractivity contribution in [1.29, 1.82) is 0 Å². The molecule has 0 aliphatic heterocycles. The first-order valence-corrected chi connectivity index (χ1v) is 6.12. The van der Waals surface area contributed by atoms with Gasteiger partial charge in [-0.15, -0.1) is 11.3 Å². The van der Waals surface area contributed by atoms with E-state index in [9.17, 15) is 4.79 Å². The number of methoxy groups -OCH3 is 1. The lowest BCUT2D eigenvalue weighted by Crippen LogP contribution is -2.11. The van der Waals surface area contributed by atoms with Crippen molar-refractivity contribution in [3.8, 4) is 0 Å². The van der Waals surface area contributed by atoms with E-state index in [2.05, 4.69) is 6.92 Å². The molecule has 0 spiro atoms. The van der Waals surface area contributed by atoms with Gasteiger partial charge in [0, 0.05) is 12.0 Å².